The van der Waals surface area contributed by atoms with Crippen molar-refractivity contribution in [3.63, 3.8) is 0 Å². The van der Waals surface area contributed by atoms with Crippen molar-refractivity contribution in [3.05, 3.63) is 52.9 Å². The number of fused-ring (bicyclic) bond motifs is 1. The molecule has 0 spiro atoms. The van der Waals surface area contributed by atoms with Gasteiger partial charge in [-0.15, -0.1) is 0 Å². The number of piperidine rings is 1. The summed E-state index contributed by atoms with van der Waals surface area (Å²) in [6.45, 7) is 9.69. The Hall–Kier alpha value is -3.80. The zero-order chi connectivity index (χ0) is 33.3. The molecule has 2 aromatic carbocycles. The number of benzene rings is 2. The van der Waals surface area contributed by atoms with Crippen LogP contribution in [0, 0.1) is 0 Å². The minimum absolute atomic E-state index is 0.207. The standard InChI is InChI=1S/C33H41BrN9O3P/c1-6-21-17-26(28(46-3)18-27(21)42-13-9-22(10-14-42)43-16-15-41(2)29(44)20-43)39-33-37-19-23(34)32(40-33)38-25-8-7-24-30(36-12-11-35-24)31(25)47(4,5)45/h7-8,11-12,17-19,22H,6,9-10,13-16,20H2,1-5H3,(H2,37,38,39,40). The molecule has 12 nitrogen and oxygen atoms in total. The van der Waals surface area contributed by atoms with Gasteiger partial charge in [0.25, 0.3) is 0 Å². The zero-order valence-corrected chi connectivity index (χ0v) is 29.9. The lowest BCUT2D eigenvalue weighted by Crippen LogP contribution is -2.54. The van der Waals surface area contributed by atoms with Crippen LogP contribution >= 0.6 is 23.1 Å². The third-order valence-electron chi connectivity index (χ3n) is 8.99. The Morgan fingerprint density at radius 2 is 1.79 bits per heavy atom. The van der Waals surface area contributed by atoms with Crippen molar-refractivity contribution in [3.8, 4) is 5.75 Å². The second kappa shape index (κ2) is 13.7. The number of rotatable bonds is 9. The van der Waals surface area contributed by atoms with Crippen LogP contribution in [-0.2, 0) is 15.8 Å². The number of aromatic nitrogens is 4. The van der Waals surface area contributed by atoms with E-state index < -0.39 is 7.14 Å². The molecule has 0 radical (unpaired) electrons. The van der Waals surface area contributed by atoms with E-state index in [2.05, 4.69) is 70.4 Å². The van der Waals surface area contributed by atoms with E-state index in [4.69, 9.17) is 9.72 Å². The Kier molecular flexibility index (Phi) is 9.68. The summed E-state index contributed by atoms with van der Waals surface area (Å²) in [4.78, 5) is 37.1. The number of nitrogens with zero attached hydrogens (tertiary/aromatic N) is 7. The van der Waals surface area contributed by atoms with E-state index in [-0.39, 0.29) is 5.91 Å². The van der Waals surface area contributed by atoms with Crippen molar-refractivity contribution in [1.82, 2.24) is 29.7 Å². The maximum absolute atomic E-state index is 13.4. The third kappa shape index (κ3) is 7.07. The topological polar surface area (TPSA) is 129 Å². The van der Waals surface area contributed by atoms with Gasteiger partial charge in [-0.3, -0.25) is 19.7 Å². The van der Waals surface area contributed by atoms with Gasteiger partial charge in [-0.2, -0.15) is 4.98 Å². The number of carbonyl (C=O) groups excluding carboxylic acids is 1. The van der Waals surface area contributed by atoms with Crippen molar-refractivity contribution in [2.24, 2.45) is 0 Å². The number of aryl methyl sites for hydroxylation is 1. The van der Waals surface area contributed by atoms with Crippen LogP contribution in [0.2, 0.25) is 0 Å². The molecule has 0 atom stereocenters. The number of ether oxygens (including phenoxy) is 1. The highest BCUT2D eigenvalue weighted by Gasteiger charge is 2.31. The molecular weight excluding hydrogens is 681 g/mol. The van der Waals surface area contributed by atoms with Gasteiger partial charge in [0.15, 0.2) is 0 Å². The van der Waals surface area contributed by atoms with Gasteiger partial charge in [-0.25, -0.2) is 4.98 Å². The Balaban J connectivity index is 1.22. The summed E-state index contributed by atoms with van der Waals surface area (Å²) < 4.78 is 19.9. The SMILES string of the molecule is CCc1cc(Nc2ncc(Br)c(Nc3ccc4nccnc4c3P(C)(C)=O)n2)c(OC)cc1N1CCC(N2CCN(C)C(=O)C2)CC1. The molecule has 0 aliphatic carbocycles. The maximum Gasteiger partial charge on any atom is 0.236 e. The molecule has 0 bridgehead atoms. The highest BCUT2D eigenvalue weighted by atomic mass is 79.9. The first-order valence-corrected chi connectivity index (χ1v) is 19.2. The van der Waals surface area contributed by atoms with E-state index in [0.29, 0.717) is 56.6 Å². The van der Waals surface area contributed by atoms with E-state index in [1.807, 2.05) is 24.1 Å². The van der Waals surface area contributed by atoms with Gasteiger partial charge in [0.1, 0.15) is 24.2 Å². The van der Waals surface area contributed by atoms with Crippen LogP contribution in [0.15, 0.2) is 47.3 Å². The number of piperazine rings is 1. The fraction of sp³-hybridized carbons (Fsp3) is 0.424. The molecule has 14 heteroatoms. The lowest BCUT2D eigenvalue weighted by atomic mass is 9.99. The highest BCUT2D eigenvalue weighted by molar-refractivity contribution is 9.10. The van der Waals surface area contributed by atoms with Crippen LogP contribution < -0.4 is 25.6 Å². The van der Waals surface area contributed by atoms with E-state index in [0.717, 1.165) is 56.8 Å². The molecule has 0 saturated carbocycles. The van der Waals surface area contributed by atoms with Crippen LogP contribution in [0.5, 0.6) is 5.75 Å². The van der Waals surface area contributed by atoms with Crippen molar-refractivity contribution < 1.29 is 14.1 Å². The van der Waals surface area contributed by atoms with Gasteiger partial charge in [0.05, 0.1) is 40.3 Å². The highest BCUT2D eigenvalue weighted by Crippen LogP contribution is 2.42. The molecule has 6 rings (SSSR count). The predicted molar refractivity (Wildman–Crippen MR) is 192 cm³/mol. The van der Waals surface area contributed by atoms with Gasteiger partial charge in [0.2, 0.25) is 11.9 Å². The van der Waals surface area contributed by atoms with Gasteiger partial charge in [-0.05, 0) is 72.3 Å². The molecule has 2 aromatic heterocycles. The first kappa shape index (κ1) is 33.1. The van der Waals surface area contributed by atoms with Gasteiger partial charge < -0.3 is 29.7 Å². The molecule has 2 fully saturated rings. The number of hydrogen-bond acceptors (Lipinski definition) is 11. The first-order chi connectivity index (χ1) is 22.5. The van der Waals surface area contributed by atoms with Gasteiger partial charge in [-0.1, -0.05) is 6.92 Å². The molecule has 2 aliphatic heterocycles. The smallest absolute Gasteiger partial charge is 0.236 e. The summed E-state index contributed by atoms with van der Waals surface area (Å²) in [5.74, 6) is 1.79. The fourth-order valence-corrected chi connectivity index (χ4v) is 8.13. The molecule has 0 unspecified atom stereocenters. The Morgan fingerprint density at radius 1 is 1.02 bits per heavy atom. The Labute approximate surface area is 283 Å². The van der Waals surface area contributed by atoms with Crippen LogP contribution in [0.3, 0.4) is 0 Å². The van der Waals surface area contributed by atoms with Crippen molar-refractivity contribution in [2.75, 3.05) is 75.7 Å². The summed E-state index contributed by atoms with van der Waals surface area (Å²) in [6.07, 6.45) is 7.79. The normalized spacial score (nSPS) is 16.5. The van der Waals surface area contributed by atoms with E-state index in [9.17, 15) is 9.36 Å². The van der Waals surface area contributed by atoms with E-state index in [1.54, 1.807) is 39.0 Å². The molecule has 2 aliphatic rings. The third-order valence-corrected chi connectivity index (χ3v) is 11.1. The molecule has 2 N–H and O–H groups in total. The monoisotopic (exact) mass is 721 g/mol. The zero-order valence-electron chi connectivity index (χ0n) is 27.5. The second-order valence-corrected chi connectivity index (χ2v) is 16.4. The number of likely N-dealkylation sites (N-methyl/N-ethyl adjacent to an activating group) is 1. The lowest BCUT2D eigenvalue weighted by molar-refractivity contribution is -0.135. The predicted octanol–water partition coefficient (Wildman–Crippen LogP) is 5.23. The van der Waals surface area contributed by atoms with Gasteiger partial charge >= 0.3 is 0 Å². The summed E-state index contributed by atoms with van der Waals surface area (Å²) in [5.41, 5.74) is 5.05. The Bertz CT molecular complexity index is 1840. The molecule has 4 heterocycles. The average molecular weight is 723 g/mol. The number of carbonyl (C=O) groups is 1. The van der Waals surface area contributed by atoms with Crippen LogP contribution in [0.1, 0.15) is 25.3 Å². The van der Waals surface area contributed by atoms with Gasteiger partial charge in [0, 0.05) is 69.6 Å². The molecule has 1 amide bonds. The van der Waals surface area contributed by atoms with Crippen LogP contribution in [-0.4, -0.2) is 102 Å². The lowest BCUT2D eigenvalue weighted by Gasteiger charge is -2.42. The number of hydrogen-bond donors (Lipinski definition) is 2. The number of anilines is 5. The second-order valence-electron chi connectivity index (χ2n) is 12.4. The number of amides is 1. The number of halogens is 1. The number of nitrogens with one attached hydrogen (secondary N) is 2. The van der Waals surface area contributed by atoms with Crippen LogP contribution in [0.25, 0.3) is 11.0 Å². The fourth-order valence-electron chi connectivity index (χ4n) is 6.45. The molecule has 2 saturated heterocycles. The van der Waals surface area contributed by atoms with Crippen molar-refractivity contribution in [2.45, 2.75) is 32.2 Å². The molecular formula is C33H41BrN9O3P. The summed E-state index contributed by atoms with van der Waals surface area (Å²) >= 11 is 3.57. The quantitative estimate of drug-likeness (QED) is 0.221. The largest absolute Gasteiger partial charge is 0.494 e. The van der Waals surface area contributed by atoms with Crippen molar-refractivity contribution >= 4 is 74.1 Å². The molecule has 47 heavy (non-hydrogen) atoms. The summed E-state index contributed by atoms with van der Waals surface area (Å²) in [6, 6.07) is 8.35. The molecule has 4 aromatic rings. The van der Waals surface area contributed by atoms with Crippen LogP contribution in [0.4, 0.5) is 28.8 Å². The minimum Gasteiger partial charge on any atom is -0.494 e. The maximum atomic E-state index is 13.4. The van der Waals surface area contributed by atoms with E-state index in [1.165, 1.54) is 5.56 Å². The number of methoxy groups -OCH3 is 1. The average Bonchev–Trinajstić information content (AvgIpc) is 3.06. The first-order valence-electron chi connectivity index (χ1n) is 15.9. The summed E-state index contributed by atoms with van der Waals surface area (Å²) in [7, 11) is 0.800. The minimum atomic E-state index is -2.75. The summed E-state index contributed by atoms with van der Waals surface area (Å²) in [5, 5.41) is 7.35. The Morgan fingerprint density at radius 3 is 2.49 bits per heavy atom. The van der Waals surface area contributed by atoms with E-state index >= 15 is 0 Å². The molecule has 248 valence electrons. The van der Waals surface area contributed by atoms with Crippen molar-refractivity contribution in [1.29, 1.82) is 0 Å².